The van der Waals surface area contributed by atoms with Crippen LogP contribution in [-0.4, -0.2) is 74.5 Å². The van der Waals surface area contributed by atoms with Gasteiger partial charge in [-0.25, -0.2) is 4.79 Å². The molecule has 43 heavy (non-hydrogen) atoms. The van der Waals surface area contributed by atoms with Crippen molar-refractivity contribution in [2.75, 3.05) is 43.0 Å². The summed E-state index contributed by atoms with van der Waals surface area (Å²) in [6, 6.07) is 1.52. The van der Waals surface area contributed by atoms with Crippen molar-refractivity contribution in [2.24, 2.45) is 0 Å². The largest absolute Gasteiger partial charge is 0.444 e. The van der Waals surface area contributed by atoms with Crippen LogP contribution in [0.4, 0.5) is 29.3 Å². The van der Waals surface area contributed by atoms with Crippen molar-refractivity contribution in [1.82, 2.24) is 24.1 Å². The second-order valence-electron chi connectivity index (χ2n) is 11.1. The van der Waals surface area contributed by atoms with Gasteiger partial charge >= 0.3 is 12.3 Å². The predicted octanol–water partition coefficient (Wildman–Crippen LogP) is 4.65. The monoisotopic (exact) mass is 689 g/mol. The van der Waals surface area contributed by atoms with Crippen molar-refractivity contribution >= 4 is 56.7 Å². The van der Waals surface area contributed by atoms with E-state index in [2.05, 4.69) is 31.3 Å². The van der Waals surface area contributed by atoms with Crippen molar-refractivity contribution in [3.8, 4) is 0 Å². The van der Waals surface area contributed by atoms with E-state index in [0.717, 1.165) is 22.7 Å². The second kappa shape index (κ2) is 11.3. The Labute approximate surface area is 256 Å². The molecule has 0 bridgehead atoms. The Kier molecular flexibility index (Phi) is 8.15. The molecule has 2 aliphatic rings. The number of amides is 2. The average molecular weight is 691 g/mol. The van der Waals surface area contributed by atoms with Crippen molar-refractivity contribution in [3.63, 3.8) is 0 Å². The Morgan fingerprint density at radius 1 is 1.16 bits per heavy atom. The van der Waals surface area contributed by atoms with Crippen LogP contribution in [0.25, 0.3) is 5.78 Å². The summed E-state index contributed by atoms with van der Waals surface area (Å²) in [5.41, 5.74) is -1.55. The van der Waals surface area contributed by atoms with Gasteiger partial charge in [0.15, 0.2) is 0 Å². The Morgan fingerprint density at radius 3 is 2.44 bits per heavy atom. The van der Waals surface area contributed by atoms with Crippen LogP contribution in [0.5, 0.6) is 0 Å². The molecule has 4 heterocycles. The van der Waals surface area contributed by atoms with Gasteiger partial charge in [-0.05, 0) is 61.8 Å². The summed E-state index contributed by atoms with van der Waals surface area (Å²) in [7, 11) is 0. The molecule has 2 aromatic heterocycles. The fourth-order valence-electron chi connectivity index (χ4n) is 5.03. The van der Waals surface area contributed by atoms with Crippen molar-refractivity contribution in [1.29, 1.82) is 0 Å². The Morgan fingerprint density at radius 2 is 1.84 bits per heavy atom. The first-order valence-electron chi connectivity index (χ1n) is 13.3. The maximum atomic E-state index is 13.8. The molecule has 0 saturated carbocycles. The van der Waals surface area contributed by atoms with Crippen LogP contribution in [-0.2, 0) is 20.4 Å². The molecule has 1 aromatic carbocycles. The summed E-state index contributed by atoms with van der Waals surface area (Å²) in [4.78, 5) is 47.7. The van der Waals surface area contributed by atoms with E-state index < -0.39 is 47.0 Å². The van der Waals surface area contributed by atoms with Crippen LogP contribution in [0.2, 0.25) is 5.02 Å². The zero-order chi connectivity index (χ0) is 31.4. The molecule has 1 saturated heterocycles. The third kappa shape index (κ3) is 6.17. The number of hydrogen-bond donors (Lipinski definition) is 1. The normalized spacial score (nSPS) is 19.4. The lowest BCUT2D eigenvalue weighted by atomic mass is 10.1. The molecule has 1 N–H and O–H groups in total. The lowest BCUT2D eigenvalue weighted by molar-refractivity contribution is -0.137. The first-order valence-corrected chi connectivity index (χ1v) is 14.4. The first kappa shape index (κ1) is 31.1. The van der Waals surface area contributed by atoms with Gasteiger partial charge in [-0.1, -0.05) is 11.6 Å². The fourth-order valence-corrected chi connectivity index (χ4v) is 5.57. The lowest BCUT2D eigenvalue weighted by Gasteiger charge is -2.39. The molecule has 17 heteroatoms. The van der Waals surface area contributed by atoms with E-state index in [9.17, 15) is 27.6 Å². The number of benzene rings is 1. The Balaban J connectivity index is 1.51. The summed E-state index contributed by atoms with van der Waals surface area (Å²) in [5.74, 6) is -0.586. The summed E-state index contributed by atoms with van der Waals surface area (Å²) >= 11 is 9.29. The quantitative estimate of drug-likeness (QED) is 0.422. The van der Waals surface area contributed by atoms with E-state index in [1.165, 1.54) is 0 Å². The number of ether oxygens (including phenoxy) is 2. The van der Waals surface area contributed by atoms with Gasteiger partial charge in [0.25, 0.3) is 5.56 Å². The van der Waals surface area contributed by atoms with Crippen LogP contribution in [0.3, 0.4) is 0 Å². The number of aromatic nitrogens is 4. The van der Waals surface area contributed by atoms with E-state index in [-0.39, 0.29) is 59.7 Å². The number of halogens is 5. The Hall–Kier alpha value is -3.37. The van der Waals surface area contributed by atoms with Gasteiger partial charge in [0.1, 0.15) is 17.3 Å². The number of anilines is 2. The highest BCUT2D eigenvalue weighted by atomic mass is 79.9. The number of carbonyl (C=O) groups excluding carboxylic acids is 2. The molecule has 3 aromatic rings. The van der Waals surface area contributed by atoms with Gasteiger partial charge in [-0.2, -0.15) is 22.7 Å². The molecule has 2 amide bonds. The summed E-state index contributed by atoms with van der Waals surface area (Å²) < 4.78 is 53.5. The molecule has 232 valence electrons. The fraction of sp³-hybridized carbons (Fsp3) is 0.500. The minimum absolute atomic E-state index is 0.0296. The molecular formula is C26H28BrClF3N7O5. The standard InChI is InChI=1S/C26H28BrClF3N7O5/c1-13-18-19(35-7-9-36(10-8-35)24(41)43-25(2,3)4)21(40)38-23(33-22(27)34-38)37(18)17(12-42-13)20(39)32-16-6-5-14(11-15(16)28)26(29,30)31/h5-6,11,13,17H,7-10,12H2,1-4H3,(H,32,39)/t13-,17+/m1/s1. The van der Waals surface area contributed by atoms with Gasteiger partial charge < -0.3 is 24.6 Å². The maximum absolute atomic E-state index is 13.8. The number of piperazine rings is 1. The zero-order valence-corrected chi connectivity index (χ0v) is 25.9. The number of rotatable bonds is 3. The maximum Gasteiger partial charge on any atom is 0.416 e. The van der Waals surface area contributed by atoms with Crippen molar-refractivity contribution < 1.29 is 32.2 Å². The molecular weight excluding hydrogens is 663 g/mol. The van der Waals surface area contributed by atoms with Crippen LogP contribution < -0.4 is 15.8 Å². The number of hydrogen-bond acceptors (Lipinski definition) is 8. The number of nitrogens with one attached hydrogen (secondary N) is 1. The molecule has 0 unspecified atom stereocenters. The average Bonchev–Trinajstić information content (AvgIpc) is 3.31. The van der Waals surface area contributed by atoms with E-state index in [4.69, 9.17) is 21.1 Å². The van der Waals surface area contributed by atoms with Crippen molar-refractivity contribution in [2.45, 2.75) is 51.6 Å². The van der Waals surface area contributed by atoms with Crippen LogP contribution in [0.1, 0.15) is 51.1 Å². The van der Waals surface area contributed by atoms with E-state index in [1.807, 2.05) is 0 Å². The molecule has 0 spiro atoms. The molecule has 2 atom stereocenters. The second-order valence-corrected chi connectivity index (χ2v) is 12.2. The van der Waals surface area contributed by atoms with E-state index in [1.54, 1.807) is 42.1 Å². The number of fused-ring (bicyclic) bond motifs is 3. The Bertz CT molecular complexity index is 1650. The number of nitrogens with zero attached hydrogens (tertiary/aromatic N) is 6. The third-order valence-electron chi connectivity index (χ3n) is 6.98. The molecule has 5 rings (SSSR count). The van der Waals surface area contributed by atoms with Crippen molar-refractivity contribution in [3.05, 3.63) is 49.6 Å². The summed E-state index contributed by atoms with van der Waals surface area (Å²) in [6.07, 6.45) is -5.71. The predicted molar refractivity (Wildman–Crippen MR) is 153 cm³/mol. The zero-order valence-electron chi connectivity index (χ0n) is 23.5. The molecule has 0 radical (unpaired) electrons. The molecule has 12 nitrogen and oxygen atoms in total. The lowest BCUT2D eigenvalue weighted by Crippen LogP contribution is -2.52. The summed E-state index contributed by atoms with van der Waals surface area (Å²) in [6.45, 7) is 8.05. The van der Waals surface area contributed by atoms with Gasteiger partial charge in [-0.15, -0.1) is 5.10 Å². The number of alkyl halides is 3. The van der Waals surface area contributed by atoms with Gasteiger partial charge in [0.05, 0.1) is 34.7 Å². The molecule has 1 fully saturated rings. The minimum Gasteiger partial charge on any atom is -0.444 e. The third-order valence-corrected chi connectivity index (χ3v) is 7.63. The van der Waals surface area contributed by atoms with Gasteiger partial charge in [-0.3, -0.25) is 14.2 Å². The van der Waals surface area contributed by atoms with E-state index >= 15 is 0 Å². The van der Waals surface area contributed by atoms with Gasteiger partial charge in [0.2, 0.25) is 16.4 Å². The van der Waals surface area contributed by atoms with E-state index in [0.29, 0.717) is 5.69 Å². The smallest absolute Gasteiger partial charge is 0.416 e. The SMILES string of the molecule is C[C@H]1OC[C@@H](C(=O)Nc2ccc(C(F)(F)F)cc2Cl)n2c1c(N1CCN(C(=O)OC(C)(C)C)CC1)c(=O)n1nc(Br)nc21. The first-order chi connectivity index (χ1) is 20.0. The minimum atomic E-state index is -4.61. The number of carbonyl (C=O) groups is 2. The van der Waals surface area contributed by atoms with Gasteiger partial charge in [0, 0.05) is 26.2 Å². The highest BCUT2D eigenvalue weighted by Gasteiger charge is 2.39. The highest BCUT2D eigenvalue weighted by Crippen LogP contribution is 2.37. The highest BCUT2D eigenvalue weighted by molar-refractivity contribution is 9.10. The molecule has 0 aliphatic carbocycles. The van der Waals surface area contributed by atoms with Crippen LogP contribution in [0.15, 0.2) is 27.7 Å². The summed E-state index contributed by atoms with van der Waals surface area (Å²) in [5, 5.41) is 6.47. The molecule has 2 aliphatic heterocycles. The topological polar surface area (TPSA) is 123 Å². The van der Waals surface area contributed by atoms with Crippen LogP contribution >= 0.6 is 27.5 Å². The van der Waals surface area contributed by atoms with Crippen LogP contribution in [0, 0.1) is 0 Å².